The summed E-state index contributed by atoms with van der Waals surface area (Å²) in [6, 6.07) is 3.83. The van der Waals surface area contributed by atoms with Crippen molar-refractivity contribution in [2.75, 3.05) is 13.1 Å². The number of carbonyl (C=O) groups is 1. The van der Waals surface area contributed by atoms with Crippen LogP contribution >= 0.6 is 40.7 Å². The summed E-state index contributed by atoms with van der Waals surface area (Å²) in [5.74, 6) is 0.422. The van der Waals surface area contributed by atoms with E-state index in [4.69, 9.17) is 5.73 Å². The molecule has 0 spiro atoms. The standard InChI is InChI=1S/C12H16BrN3O.2ClH/c1-8-4-9(5-14)7-16(8)12(17)11-3-2-10(13)6-15-11;;/h2-3,6,8-9H,4-5,7,14H2,1H3;2*1H. The molecule has 0 bridgehead atoms. The zero-order valence-electron chi connectivity index (χ0n) is 10.6. The molecule has 2 heterocycles. The maximum atomic E-state index is 12.2. The summed E-state index contributed by atoms with van der Waals surface area (Å²) < 4.78 is 0.878. The number of aromatic nitrogens is 1. The molecule has 2 N–H and O–H groups in total. The summed E-state index contributed by atoms with van der Waals surface area (Å²) in [6.07, 6.45) is 2.63. The van der Waals surface area contributed by atoms with Gasteiger partial charge in [-0.25, -0.2) is 4.98 Å². The summed E-state index contributed by atoms with van der Waals surface area (Å²) in [6.45, 7) is 3.45. The number of pyridine rings is 1. The Morgan fingerprint density at radius 2 is 2.21 bits per heavy atom. The SMILES string of the molecule is CC1CC(CN)CN1C(=O)c1ccc(Br)cn1.Cl.Cl. The molecule has 2 unspecified atom stereocenters. The first-order valence-electron chi connectivity index (χ1n) is 5.74. The lowest BCUT2D eigenvalue weighted by atomic mass is 10.1. The molecule has 0 aliphatic carbocycles. The average molecular weight is 371 g/mol. The van der Waals surface area contributed by atoms with E-state index in [0.29, 0.717) is 18.2 Å². The minimum Gasteiger partial charge on any atom is -0.334 e. The number of likely N-dealkylation sites (tertiary alicyclic amines) is 1. The van der Waals surface area contributed by atoms with Crippen molar-refractivity contribution in [2.24, 2.45) is 11.7 Å². The van der Waals surface area contributed by atoms with E-state index in [1.165, 1.54) is 0 Å². The number of nitrogens with two attached hydrogens (primary N) is 1. The number of hydrogen-bond acceptors (Lipinski definition) is 3. The fourth-order valence-corrected chi connectivity index (χ4v) is 2.48. The zero-order chi connectivity index (χ0) is 12.4. The Morgan fingerprint density at radius 1 is 1.53 bits per heavy atom. The largest absolute Gasteiger partial charge is 0.334 e. The first-order chi connectivity index (χ1) is 8.11. The molecular weight excluding hydrogens is 353 g/mol. The molecule has 19 heavy (non-hydrogen) atoms. The molecule has 4 nitrogen and oxygen atoms in total. The number of carbonyl (C=O) groups excluding carboxylic acids is 1. The van der Waals surface area contributed by atoms with Gasteiger partial charge in [0.2, 0.25) is 0 Å². The van der Waals surface area contributed by atoms with Gasteiger partial charge in [0.1, 0.15) is 5.69 Å². The molecule has 1 aromatic rings. The maximum Gasteiger partial charge on any atom is 0.272 e. The van der Waals surface area contributed by atoms with Crippen molar-refractivity contribution in [1.29, 1.82) is 0 Å². The van der Waals surface area contributed by atoms with Crippen molar-refractivity contribution in [3.05, 3.63) is 28.5 Å². The van der Waals surface area contributed by atoms with Gasteiger partial charge in [-0.2, -0.15) is 0 Å². The van der Waals surface area contributed by atoms with Crippen molar-refractivity contribution in [3.8, 4) is 0 Å². The molecule has 1 amide bonds. The van der Waals surface area contributed by atoms with Gasteiger partial charge in [0.05, 0.1) is 0 Å². The third-order valence-corrected chi connectivity index (χ3v) is 3.67. The lowest BCUT2D eigenvalue weighted by Gasteiger charge is -2.20. The lowest BCUT2D eigenvalue weighted by Crippen LogP contribution is -2.34. The van der Waals surface area contributed by atoms with Crippen molar-refractivity contribution in [2.45, 2.75) is 19.4 Å². The molecule has 1 aliphatic rings. The molecule has 1 fully saturated rings. The van der Waals surface area contributed by atoms with Crippen molar-refractivity contribution < 1.29 is 4.79 Å². The van der Waals surface area contributed by atoms with Crippen molar-refractivity contribution in [3.63, 3.8) is 0 Å². The van der Waals surface area contributed by atoms with E-state index in [2.05, 4.69) is 27.8 Å². The van der Waals surface area contributed by atoms with Crippen LogP contribution in [0.3, 0.4) is 0 Å². The Hall–Kier alpha value is -0.360. The van der Waals surface area contributed by atoms with Gasteiger partial charge in [0, 0.05) is 23.3 Å². The van der Waals surface area contributed by atoms with Crippen molar-refractivity contribution in [1.82, 2.24) is 9.88 Å². The molecule has 0 saturated carbocycles. The summed E-state index contributed by atoms with van der Waals surface area (Å²) in [5, 5.41) is 0. The van der Waals surface area contributed by atoms with Crippen LogP contribution in [-0.4, -0.2) is 34.9 Å². The highest BCUT2D eigenvalue weighted by atomic mass is 79.9. The van der Waals surface area contributed by atoms with E-state index >= 15 is 0 Å². The van der Waals surface area contributed by atoms with Gasteiger partial charge in [-0.1, -0.05) is 0 Å². The third-order valence-electron chi connectivity index (χ3n) is 3.20. The smallest absolute Gasteiger partial charge is 0.272 e. The van der Waals surface area contributed by atoms with Crippen molar-refractivity contribution >= 4 is 46.7 Å². The highest BCUT2D eigenvalue weighted by Crippen LogP contribution is 2.23. The van der Waals surface area contributed by atoms with E-state index in [9.17, 15) is 4.79 Å². The summed E-state index contributed by atoms with van der Waals surface area (Å²) in [5.41, 5.74) is 6.16. The fourth-order valence-electron chi connectivity index (χ4n) is 2.25. The Labute approximate surface area is 134 Å². The van der Waals surface area contributed by atoms with Gasteiger partial charge in [-0.3, -0.25) is 4.79 Å². The lowest BCUT2D eigenvalue weighted by molar-refractivity contribution is 0.0737. The molecule has 1 aliphatic heterocycles. The Morgan fingerprint density at radius 3 is 2.68 bits per heavy atom. The first-order valence-corrected chi connectivity index (χ1v) is 6.53. The fraction of sp³-hybridized carbons (Fsp3) is 0.500. The summed E-state index contributed by atoms with van der Waals surface area (Å²) in [4.78, 5) is 18.2. The van der Waals surface area contributed by atoms with Gasteiger partial charge in [0.15, 0.2) is 0 Å². The molecule has 1 saturated heterocycles. The number of nitrogens with zero attached hydrogens (tertiary/aromatic N) is 2. The predicted molar refractivity (Wildman–Crippen MR) is 84.1 cm³/mol. The van der Waals surface area contributed by atoms with Crippen LogP contribution in [0.5, 0.6) is 0 Å². The number of halogens is 3. The van der Waals surface area contributed by atoms with Gasteiger partial charge in [0.25, 0.3) is 5.91 Å². The van der Waals surface area contributed by atoms with E-state index in [1.807, 2.05) is 11.0 Å². The van der Waals surface area contributed by atoms with Crippen LogP contribution in [0, 0.1) is 5.92 Å². The van der Waals surface area contributed by atoms with Crippen LogP contribution in [0.15, 0.2) is 22.8 Å². The van der Waals surface area contributed by atoms with Gasteiger partial charge >= 0.3 is 0 Å². The highest BCUT2D eigenvalue weighted by Gasteiger charge is 2.32. The minimum absolute atomic E-state index is 0. The first kappa shape index (κ1) is 18.6. The second kappa shape index (κ2) is 8.04. The Bertz CT molecular complexity index is 416. The minimum atomic E-state index is 0. The second-order valence-electron chi connectivity index (χ2n) is 4.51. The molecular formula is C12H18BrCl2N3O. The van der Waals surface area contributed by atoms with Crippen LogP contribution in [-0.2, 0) is 0 Å². The van der Waals surface area contributed by atoms with Gasteiger partial charge < -0.3 is 10.6 Å². The second-order valence-corrected chi connectivity index (χ2v) is 5.42. The normalized spacial score (nSPS) is 21.5. The van der Waals surface area contributed by atoms with Crippen LogP contribution in [0.1, 0.15) is 23.8 Å². The summed E-state index contributed by atoms with van der Waals surface area (Å²) in [7, 11) is 0. The Kier molecular flexibility index (Phi) is 7.89. The van der Waals surface area contributed by atoms with Crippen LogP contribution < -0.4 is 5.73 Å². The highest BCUT2D eigenvalue weighted by molar-refractivity contribution is 9.10. The monoisotopic (exact) mass is 369 g/mol. The quantitative estimate of drug-likeness (QED) is 0.869. The van der Waals surface area contributed by atoms with E-state index < -0.39 is 0 Å². The van der Waals surface area contributed by atoms with E-state index in [-0.39, 0.29) is 36.8 Å². The topological polar surface area (TPSA) is 59.2 Å². The van der Waals surface area contributed by atoms with Crippen LogP contribution in [0.2, 0.25) is 0 Å². The van der Waals surface area contributed by atoms with Crippen LogP contribution in [0.25, 0.3) is 0 Å². The van der Waals surface area contributed by atoms with Gasteiger partial charge in [-0.15, -0.1) is 24.8 Å². The number of hydrogen-bond donors (Lipinski definition) is 1. The maximum absolute atomic E-state index is 12.2. The zero-order valence-corrected chi connectivity index (χ0v) is 13.8. The molecule has 108 valence electrons. The van der Waals surface area contributed by atoms with Crippen LogP contribution in [0.4, 0.5) is 0 Å². The molecule has 2 rings (SSSR count). The van der Waals surface area contributed by atoms with Gasteiger partial charge in [-0.05, 0) is 53.9 Å². The number of rotatable bonds is 2. The molecule has 0 radical (unpaired) electrons. The third kappa shape index (κ3) is 4.31. The number of amides is 1. The predicted octanol–water partition coefficient (Wildman–Crippen LogP) is 2.50. The molecule has 1 aromatic heterocycles. The molecule has 0 aromatic carbocycles. The van der Waals surface area contributed by atoms with E-state index in [1.54, 1.807) is 12.3 Å². The molecule has 2 atom stereocenters. The average Bonchev–Trinajstić information content (AvgIpc) is 2.71. The van der Waals surface area contributed by atoms with E-state index in [0.717, 1.165) is 17.4 Å². The Balaban J connectivity index is 0.00000162. The summed E-state index contributed by atoms with van der Waals surface area (Å²) >= 11 is 3.31. The molecule has 7 heteroatoms.